The summed E-state index contributed by atoms with van der Waals surface area (Å²) in [5, 5.41) is 3.90. The number of sulfonamides is 1. The molecule has 0 aromatic carbocycles. The molecule has 92 valence electrons. The molecule has 1 rings (SSSR count). The molecule has 7 heteroatoms. The Labute approximate surface area is 96.3 Å². The minimum absolute atomic E-state index is 0.192. The van der Waals surface area contributed by atoms with Crippen LogP contribution in [0.15, 0.2) is 6.33 Å². The number of nitrogens with zero attached hydrogens (tertiary/aromatic N) is 4. The number of rotatable bonds is 6. The Morgan fingerprint density at radius 1 is 1.50 bits per heavy atom. The predicted octanol–water partition coefficient (Wildman–Crippen LogP) is 0.377. The zero-order valence-corrected chi connectivity index (χ0v) is 10.7. The molecule has 0 atom stereocenters. The summed E-state index contributed by atoms with van der Waals surface area (Å²) < 4.78 is 26.5. The lowest BCUT2D eigenvalue weighted by Crippen LogP contribution is -2.29. The third-order valence-corrected chi connectivity index (χ3v) is 4.28. The lowest BCUT2D eigenvalue weighted by molar-refractivity contribution is 0.446. The zero-order valence-electron chi connectivity index (χ0n) is 9.92. The van der Waals surface area contributed by atoms with Crippen LogP contribution in [-0.2, 0) is 23.6 Å². The van der Waals surface area contributed by atoms with Crippen LogP contribution in [0.5, 0.6) is 0 Å². The fourth-order valence-corrected chi connectivity index (χ4v) is 2.52. The van der Waals surface area contributed by atoms with E-state index in [2.05, 4.69) is 10.1 Å². The fraction of sp³-hybridized carbons (Fsp3) is 0.778. The van der Waals surface area contributed by atoms with E-state index in [4.69, 9.17) is 0 Å². The smallest absolute Gasteiger partial charge is 0.214 e. The van der Waals surface area contributed by atoms with Crippen LogP contribution in [-0.4, -0.2) is 40.3 Å². The van der Waals surface area contributed by atoms with Gasteiger partial charge in [0, 0.05) is 14.1 Å². The van der Waals surface area contributed by atoms with Crippen molar-refractivity contribution >= 4 is 10.0 Å². The maximum Gasteiger partial charge on any atom is 0.214 e. The molecule has 0 aliphatic rings. The SMILES string of the molecule is CCCCS(=O)(=O)N(C)Cc1ncnn1C. The van der Waals surface area contributed by atoms with Crippen molar-refractivity contribution in [3.8, 4) is 0 Å². The van der Waals surface area contributed by atoms with Gasteiger partial charge in [-0.05, 0) is 6.42 Å². The van der Waals surface area contributed by atoms with Gasteiger partial charge in [-0.1, -0.05) is 13.3 Å². The quantitative estimate of drug-likeness (QED) is 0.727. The normalized spacial score (nSPS) is 12.2. The van der Waals surface area contributed by atoms with Crippen LogP contribution in [0, 0.1) is 0 Å². The first kappa shape index (κ1) is 13.1. The van der Waals surface area contributed by atoms with Gasteiger partial charge in [-0.25, -0.2) is 13.4 Å². The molecule has 16 heavy (non-hydrogen) atoms. The second-order valence-electron chi connectivity index (χ2n) is 3.73. The number of aromatic nitrogens is 3. The summed E-state index contributed by atoms with van der Waals surface area (Å²) in [5.41, 5.74) is 0. The highest BCUT2D eigenvalue weighted by Gasteiger charge is 2.18. The molecule has 1 heterocycles. The van der Waals surface area contributed by atoms with Crippen molar-refractivity contribution < 1.29 is 8.42 Å². The molecule has 0 aliphatic heterocycles. The van der Waals surface area contributed by atoms with Crippen molar-refractivity contribution in [2.45, 2.75) is 26.3 Å². The topological polar surface area (TPSA) is 68.1 Å². The Kier molecular flexibility index (Phi) is 4.43. The largest absolute Gasteiger partial charge is 0.252 e. The van der Waals surface area contributed by atoms with E-state index < -0.39 is 10.0 Å². The fourth-order valence-electron chi connectivity index (χ4n) is 1.24. The van der Waals surface area contributed by atoms with E-state index >= 15 is 0 Å². The van der Waals surface area contributed by atoms with Crippen LogP contribution in [0.4, 0.5) is 0 Å². The Morgan fingerprint density at radius 3 is 2.69 bits per heavy atom. The van der Waals surface area contributed by atoms with Crippen LogP contribution >= 0.6 is 0 Å². The van der Waals surface area contributed by atoms with Gasteiger partial charge in [-0.2, -0.15) is 9.40 Å². The monoisotopic (exact) mass is 246 g/mol. The van der Waals surface area contributed by atoms with E-state index in [1.807, 2.05) is 6.92 Å². The van der Waals surface area contributed by atoms with E-state index in [-0.39, 0.29) is 12.3 Å². The molecule has 0 fully saturated rings. The molecule has 1 aromatic rings. The van der Waals surface area contributed by atoms with Crippen molar-refractivity contribution in [2.24, 2.45) is 7.05 Å². The molecule has 0 bridgehead atoms. The summed E-state index contributed by atoms with van der Waals surface area (Å²) >= 11 is 0. The second-order valence-corrected chi connectivity index (χ2v) is 5.92. The first-order chi connectivity index (χ1) is 7.47. The van der Waals surface area contributed by atoms with Crippen molar-refractivity contribution in [1.29, 1.82) is 0 Å². The van der Waals surface area contributed by atoms with E-state index in [0.717, 1.165) is 6.42 Å². The standard InChI is InChI=1S/C9H18N4O2S/c1-4-5-6-16(14,15)12(2)7-9-10-8-11-13(9)3/h8H,4-7H2,1-3H3. The minimum atomic E-state index is -3.16. The molecular formula is C9H18N4O2S. The molecule has 0 saturated heterocycles. The molecule has 0 radical (unpaired) electrons. The summed E-state index contributed by atoms with van der Waals surface area (Å²) in [4.78, 5) is 4.00. The summed E-state index contributed by atoms with van der Waals surface area (Å²) in [5.74, 6) is 0.834. The second kappa shape index (κ2) is 5.40. The molecular weight excluding hydrogens is 228 g/mol. The van der Waals surface area contributed by atoms with Gasteiger partial charge in [0.05, 0.1) is 12.3 Å². The van der Waals surface area contributed by atoms with Crippen molar-refractivity contribution in [3.05, 3.63) is 12.2 Å². The molecule has 0 saturated carbocycles. The van der Waals surface area contributed by atoms with Gasteiger partial charge in [0.2, 0.25) is 10.0 Å². The average Bonchev–Trinajstić information content (AvgIpc) is 2.61. The number of aryl methyl sites for hydroxylation is 1. The first-order valence-electron chi connectivity index (χ1n) is 5.24. The van der Waals surface area contributed by atoms with E-state index in [1.54, 1.807) is 18.8 Å². The molecule has 6 nitrogen and oxygen atoms in total. The summed E-state index contributed by atoms with van der Waals surface area (Å²) in [6.07, 6.45) is 2.98. The number of hydrogen-bond donors (Lipinski definition) is 0. The van der Waals surface area contributed by atoms with E-state index in [9.17, 15) is 8.42 Å². The highest BCUT2D eigenvalue weighted by Crippen LogP contribution is 2.06. The van der Waals surface area contributed by atoms with E-state index in [1.165, 1.54) is 10.6 Å². The highest BCUT2D eigenvalue weighted by molar-refractivity contribution is 7.89. The average molecular weight is 246 g/mol. The third-order valence-electron chi connectivity index (χ3n) is 2.40. The third kappa shape index (κ3) is 3.28. The summed E-state index contributed by atoms with van der Waals surface area (Å²) in [7, 11) is 0.151. The maximum atomic E-state index is 11.8. The van der Waals surface area contributed by atoms with Gasteiger partial charge in [-0.15, -0.1) is 0 Å². The highest BCUT2D eigenvalue weighted by atomic mass is 32.2. The van der Waals surface area contributed by atoms with Gasteiger partial charge in [-0.3, -0.25) is 4.68 Å². The van der Waals surface area contributed by atoms with Gasteiger partial charge in [0.1, 0.15) is 12.2 Å². The van der Waals surface area contributed by atoms with E-state index in [0.29, 0.717) is 12.2 Å². The van der Waals surface area contributed by atoms with Crippen molar-refractivity contribution in [1.82, 2.24) is 19.1 Å². The van der Waals surface area contributed by atoms with Gasteiger partial charge >= 0.3 is 0 Å². The molecule has 0 N–H and O–H groups in total. The van der Waals surface area contributed by atoms with Gasteiger partial charge < -0.3 is 0 Å². The van der Waals surface area contributed by atoms with Crippen LogP contribution in [0.2, 0.25) is 0 Å². The zero-order chi connectivity index (χ0) is 12.2. The van der Waals surface area contributed by atoms with Crippen LogP contribution < -0.4 is 0 Å². The van der Waals surface area contributed by atoms with Crippen molar-refractivity contribution in [2.75, 3.05) is 12.8 Å². The predicted molar refractivity (Wildman–Crippen MR) is 61.2 cm³/mol. The van der Waals surface area contributed by atoms with Crippen LogP contribution in [0.3, 0.4) is 0 Å². The van der Waals surface area contributed by atoms with Gasteiger partial charge in [0.15, 0.2) is 0 Å². The summed E-state index contributed by atoms with van der Waals surface area (Å²) in [6, 6.07) is 0. The molecule has 0 amide bonds. The minimum Gasteiger partial charge on any atom is -0.252 e. The number of unbranched alkanes of at least 4 members (excludes halogenated alkanes) is 1. The Bertz CT molecular complexity index is 426. The number of hydrogen-bond acceptors (Lipinski definition) is 4. The molecule has 1 aromatic heterocycles. The molecule has 0 unspecified atom stereocenters. The summed E-state index contributed by atoms with van der Waals surface area (Å²) in [6.45, 7) is 2.24. The van der Waals surface area contributed by atoms with Crippen LogP contribution in [0.1, 0.15) is 25.6 Å². The Balaban J connectivity index is 2.65. The lowest BCUT2D eigenvalue weighted by Gasteiger charge is -2.16. The lowest BCUT2D eigenvalue weighted by atomic mass is 10.4. The first-order valence-corrected chi connectivity index (χ1v) is 6.85. The Morgan fingerprint density at radius 2 is 2.19 bits per heavy atom. The maximum absolute atomic E-state index is 11.8. The van der Waals surface area contributed by atoms with Crippen molar-refractivity contribution in [3.63, 3.8) is 0 Å². The Hall–Kier alpha value is -0.950. The van der Waals surface area contributed by atoms with Crippen LogP contribution in [0.25, 0.3) is 0 Å². The molecule has 0 aliphatic carbocycles. The van der Waals surface area contributed by atoms with Gasteiger partial charge in [0.25, 0.3) is 0 Å². The molecule has 0 spiro atoms.